The smallest absolute Gasteiger partial charge is 1.00 e. The molecule has 1 aliphatic heterocycles. The SMILES string of the molecule is C.C.C.C.C.CCOC(=O)C(Br)c1cccc(C(F)(F)F)c1.CCOC(=O)C(Oc1ccc(Cl)cc1-c1cnn(CC)c1)c1cccc(C(F)(F)F)c1.CCn1cc(-c2cc(Cl)ccc2O)cn1.CCn1cc(-c2cc(Cl)ccc2OC(C(=O)O)c2cccc(C(F)(F)F)c2)cn1.COC1CCCO1.O=CO[O-].[H-].[K+].[K+]. The molecule has 20 nitrogen and oxygen atoms in total. The molecule has 0 aliphatic carbocycles. The molecule has 9 aromatic rings. The topological polar surface area (TPSA) is 250 Å². The van der Waals surface area contributed by atoms with Gasteiger partial charge < -0.3 is 50.2 Å². The van der Waals surface area contributed by atoms with E-state index in [2.05, 4.69) is 36.1 Å². The van der Waals surface area contributed by atoms with E-state index in [1.54, 1.807) is 108 Å². The van der Waals surface area contributed by atoms with Gasteiger partial charge >= 0.3 is 139 Å². The Morgan fingerprint density at radius 2 is 0.936 bits per heavy atom. The van der Waals surface area contributed by atoms with Crippen molar-refractivity contribution in [3.8, 4) is 50.6 Å². The molecule has 4 atom stereocenters. The summed E-state index contributed by atoms with van der Waals surface area (Å²) >= 11 is 21.1. The van der Waals surface area contributed by atoms with Crippen LogP contribution in [-0.4, -0.2) is 97.2 Å². The average Bonchev–Trinajstić information content (AvgIpc) is 1.69. The van der Waals surface area contributed by atoms with E-state index in [-0.39, 0.29) is 201 Å². The van der Waals surface area contributed by atoms with Gasteiger partial charge in [0.05, 0.1) is 48.5 Å². The molecular weight excluding hydrogens is 1640 g/mol. The fourth-order valence-corrected chi connectivity index (χ4v) is 10.1. The zero-order valence-corrected chi connectivity index (χ0v) is 67.6. The molecule has 0 bridgehead atoms. The molecule has 1 aliphatic rings. The van der Waals surface area contributed by atoms with Crippen LogP contribution in [-0.2, 0) is 81.2 Å². The van der Waals surface area contributed by atoms with E-state index >= 15 is 0 Å². The second-order valence-corrected chi connectivity index (χ2v) is 23.4. The summed E-state index contributed by atoms with van der Waals surface area (Å²) in [5.74, 6) is -2.19. The summed E-state index contributed by atoms with van der Waals surface area (Å²) in [6.07, 6.45) is -4.00. The molecule has 3 aromatic heterocycles. The number of ether oxygens (including phenoxy) is 6. The number of rotatable bonds is 20. The summed E-state index contributed by atoms with van der Waals surface area (Å²) in [4.78, 5) is 46.1. The first-order chi connectivity index (χ1) is 48.8. The van der Waals surface area contributed by atoms with Gasteiger partial charge in [-0.05, 0) is 132 Å². The number of nitrogens with zero attached hydrogens (tertiary/aromatic N) is 6. The number of methoxy groups -OCH3 is 1. The summed E-state index contributed by atoms with van der Waals surface area (Å²) < 4.78 is 152. The van der Waals surface area contributed by atoms with Gasteiger partial charge in [-0.1, -0.05) is 130 Å². The number of esters is 2. The number of benzene rings is 6. The van der Waals surface area contributed by atoms with Gasteiger partial charge in [0.25, 0.3) is 6.47 Å². The summed E-state index contributed by atoms with van der Waals surface area (Å²) in [6.45, 7) is 12.1. The molecule has 4 unspecified atom stereocenters. The summed E-state index contributed by atoms with van der Waals surface area (Å²) in [6, 6.07) is 27.4. The molecule has 596 valence electrons. The Morgan fingerprint density at radius 3 is 1.27 bits per heavy atom. The Morgan fingerprint density at radius 1 is 0.582 bits per heavy atom. The molecule has 2 N–H and O–H groups in total. The van der Waals surface area contributed by atoms with E-state index in [0.29, 0.717) is 56.0 Å². The standard InChI is InChI=1S/C22H20ClF3N2O3.C20H16ClF3N2O3.C11H10BrF3O2.C11H11ClN2O.C5H10O2.CH2O3.5CH4.2K.H/c1-3-28-13-15(12-27-28)18-11-17(23)8-9-19(18)31-20(21(29)30-4-2)14-6-5-7-16(10-14)22(24,25)26;1-2-26-11-13(10-25-26)16-9-15(21)6-7-17(16)29-18(19(27)28)12-4-3-5-14(8-12)20(22,23)24;1-2-17-10(16)9(12)7-4-3-5-8(6-7)11(13,14)15;1-2-14-7-8(6-13-14)10-5-9(12)3-4-11(10)15;1-6-5-3-2-4-7-5;2-1-4-3;;;;;;;;/h5-13,20H,3-4H2,1-2H3;3-11,18H,2H2,1H3,(H,27,28);3-6,9H,2H2,1H3;3-7,15H,2H2,1H3;5H,2-4H2,1H3;1,3H;5*1H4;;;/q;;;;;;;;;;;2*+1;-1/p-1. The van der Waals surface area contributed by atoms with Crippen molar-refractivity contribution in [2.24, 2.45) is 0 Å². The minimum atomic E-state index is -4.60. The number of phenols is 1. The number of carboxylic acid groups (broad SMARTS) is 1. The van der Waals surface area contributed by atoms with Crippen molar-refractivity contribution < 1.29 is 212 Å². The van der Waals surface area contributed by atoms with Crippen molar-refractivity contribution in [3.63, 3.8) is 0 Å². The maximum atomic E-state index is 13.2. The van der Waals surface area contributed by atoms with Crippen LogP contribution < -0.4 is 118 Å². The van der Waals surface area contributed by atoms with Gasteiger partial charge in [0, 0.05) is 118 Å². The van der Waals surface area contributed by atoms with Crippen LogP contribution in [0.25, 0.3) is 33.4 Å². The largest absolute Gasteiger partial charge is 1.00 e. The monoisotopic (exact) mass is 1730 g/mol. The minimum absolute atomic E-state index is 0. The summed E-state index contributed by atoms with van der Waals surface area (Å²) in [5, 5.41) is 41.7. The Labute approximate surface area is 744 Å². The van der Waals surface area contributed by atoms with Gasteiger partial charge in [-0.25, -0.2) is 9.59 Å². The maximum Gasteiger partial charge on any atom is 1.00 e. The van der Waals surface area contributed by atoms with Crippen molar-refractivity contribution >= 4 is 75.1 Å². The van der Waals surface area contributed by atoms with Crippen molar-refractivity contribution in [2.45, 2.75) is 146 Å². The molecule has 0 amide bonds. The molecule has 1 fully saturated rings. The number of phenolic OH excluding ortho intramolecular Hbond substituents is 1. The minimum Gasteiger partial charge on any atom is -1.00 e. The predicted molar refractivity (Wildman–Crippen MR) is 398 cm³/mol. The Bertz CT molecular complexity index is 4220. The number of aliphatic carboxylic acids is 1. The molecule has 0 radical (unpaired) electrons. The normalized spacial score (nSPS) is 12.5. The third-order valence-electron chi connectivity index (χ3n) is 14.1. The summed E-state index contributed by atoms with van der Waals surface area (Å²) in [7, 11) is 1.68. The number of hydrogen-bond donors (Lipinski definition) is 2. The van der Waals surface area contributed by atoms with Gasteiger partial charge in [0.1, 0.15) is 22.1 Å². The number of aryl methyl sites for hydroxylation is 3. The third-order valence-corrected chi connectivity index (χ3v) is 15.7. The number of aromatic nitrogens is 6. The predicted octanol–water partition coefficient (Wildman–Crippen LogP) is 14.5. The fraction of sp³-hybridized carbons (Fsp3) is 0.347. The third kappa shape index (κ3) is 34.4. The molecular formula is C75H89BrCl3F9K2N6O14. The number of carbonyl (C=O) groups is 4. The molecule has 10 rings (SSSR count). The van der Waals surface area contributed by atoms with E-state index in [9.17, 15) is 64.1 Å². The van der Waals surface area contributed by atoms with Crippen LogP contribution in [0.2, 0.25) is 15.1 Å². The molecule has 0 saturated carbocycles. The van der Waals surface area contributed by atoms with Crippen LogP contribution in [0.3, 0.4) is 0 Å². The van der Waals surface area contributed by atoms with Crippen molar-refractivity contribution in [1.29, 1.82) is 0 Å². The Hall–Kier alpha value is -5.90. The van der Waals surface area contributed by atoms with Gasteiger partial charge in [0.2, 0.25) is 12.2 Å². The summed E-state index contributed by atoms with van der Waals surface area (Å²) in [5.41, 5.74) is 1.43. The molecule has 35 heteroatoms. The van der Waals surface area contributed by atoms with Crippen LogP contribution in [0, 0.1) is 0 Å². The van der Waals surface area contributed by atoms with Crippen molar-refractivity contribution in [3.05, 3.63) is 213 Å². The van der Waals surface area contributed by atoms with Crippen LogP contribution in [0.4, 0.5) is 39.5 Å². The van der Waals surface area contributed by atoms with Crippen LogP contribution in [0.1, 0.15) is 136 Å². The Kier molecular flexibility index (Phi) is 52.4. The first-order valence-electron chi connectivity index (χ1n) is 30.9. The molecule has 4 heterocycles. The van der Waals surface area contributed by atoms with Gasteiger partial charge in [-0.3, -0.25) is 23.6 Å². The molecule has 1 saturated heterocycles. The first kappa shape index (κ1) is 108. The maximum absolute atomic E-state index is 13.2. The van der Waals surface area contributed by atoms with Gasteiger partial charge in [0.15, 0.2) is 6.29 Å². The zero-order valence-electron chi connectivity index (χ0n) is 58.5. The quantitative estimate of drug-likeness (QED) is 0.0137. The molecule has 110 heavy (non-hydrogen) atoms. The molecule has 6 aromatic carbocycles. The van der Waals surface area contributed by atoms with Crippen molar-refractivity contribution in [2.75, 3.05) is 26.9 Å². The average molecular weight is 1730 g/mol. The van der Waals surface area contributed by atoms with E-state index in [0.717, 1.165) is 74.0 Å². The number of aromatic hydroxyl groups is 1. The van der Waals surface area contributed by atoms with Crippen molar-refractivity contribution in [1.82, 2.24) is 29.3 Å². The van der Waals surface area contributed by atoms with E-state index < -0.39 is 70.2 Å². The van der Waals surface area contributed by atoms with Crippen LogP contribution in [0.15, 0.2) is 165 Å². The van der Waals surface area contributed by atoms with Crippen LogP contribution in [0.5, 0.6) is 17.2 Å². The number of carboxylic acids is 1. The van der Waals surface area contributed by atoms with E-state index in [1.807, 2.05) is 27.0 Å². The zero-order chi connectivity index (χ0) is 76.2. The van der Waals surface area contributed by atoms with Gasteiger partial charge in [-0.15, -0.1) is 0 Å². The number of carbonyl (C=O) groups excluding carboxylic acids is 3. The van der Waals surface area contributed by atoms with E-state index in [4.69, 9.17) is 73.3 Å². The van der Waals surface area contributed by atoms with Gasteiger partial charge in [-0.2, -0.15) is 54.8 Å². The number of halogens is 13. The van der Waals surface area contributed by atoms with E-state index in [1.165, 1.54) is 42.5 Å². The second-order valence-electron chi connectivity index (χ2n) is 21.1. The van der Waals surface area contributed by atoms with Crippen LogP contribution >= 0.6 is 50.7 Å². The second kappa shape index (κ2) is 53.2. The number of hydrogen-bond acceptors (Lipinski definition) is 16. The first-order valence-corrected chi connectivity index (χ1v) is 33.0. The molecule has 0 spiro atoms. The fourth-order valence-electron chi connectivity index (χ4n) is 9.13. The Balaban J connectivity index is -0.000000660. The number of alkyl halides is 10.